The maximum Gasteiger partial charge on any atom is 0.254 e. The van der Waals surface area contributed by atoms with Crippen molar-refractivity contribution in [2.45, 2.75) is 32.6 Å². The molecule has 0 aliphatic carbocycles. The fourth-order valence-electron chi connectivity index (χ4n) is 3.20. The van der Waals surface area contributed by atoms with Crippen LogP contribution in [0.25, 0.3) is 0 Å². The van der Waals surface area contributed by atoms with Crippen LogP contribution >= 0.6 is 0 Å². The normalized spacial score (nSPS) is 16.3. The maximum absolute atomic E-state index is 12.1. The van der Waals surface area contributed by atoms with Crippen molar-refractivity contribution in [2.24, 2.45) is 0 Å². The molecule has 1 aliphatic heterocycles. The molecule has 0 amide bonds. The first kappa shape index (κ1) is 15.6. The van der Waals surface area contributed by atoms with Gasteiger partial charge in [0.2, 0.25) is 5.89 Å². The molecule has 0 fully saturated rings. The van der Waals surface area contributed by atoms with Crippen molar-refractivity contribution in [3.05, 3.63) is 69.0 Å². The number of aryl methyl sites for hydroxylation is 2. The highest BCUT2D eigenvalue weighted by atomic mass is 16.5. The number of rotatable bonds is 3. The van der Waals surface area contributed by atoms with Crippen LogP contribution in [0.15, 0.2) is 33.6 Å². The van der Waals surface area contributed by atoms with Gasteiger partial charge in [0.25, 0.3) is 5.56 Å². The topological polar surface area (TPSA) is 93.9 Å². The van der Waals surface area contributed by atoms with Gasteiger partial charge in [0.1, 0.15) is 11.6 Å². The molecule has 0 bridgehead atoms. The summed E-state index contributed by atoms with van der Waals surface area (Å²) in [7, 11) is 0. The molecule has 0 spiro atoms. The maximum atomic E-state index is 12.1. The lowest BCUT2D eigenvalue weighted by Gasteiger charge is -2.23. The van der Waals surface area contributed by atoms with Gasteiger partial charge in [-0.15, -0.1) is 0 Å². The van der Waals surface area contributed by atoms with Gasteiger partial charge in [0, 0.05) is 16.8 Å². The van der Waals surface area contributed by atoms with Gasteiger partial charge in [-0.1, -0.05) is 23.4 Å². The molecule has 1 aromatic carbocycles. The third kappa shape index (κ3) is 2.93. The molecule has 1 aliphatic rings. The Balaban J connectivity index is 1.63. The number of benzene rings is 1. The molecule has 7 heteroatoms. The number of para-hydroxylation sites is 1. The van der Waals surface area contributed by atoms with Crippen LogP contribution in [0.5, 0.6) is 5.75 Å². The standard InChI is InChI=1S/C18H18N4O3/c1-10-14(18(23)20-11(2)19-10)9-16-21-17(22-25-16)13-7-8-24-15-6-4-3-5-12(13)15/h3-6,13H,7-9H2,1-2H3,(H,19,20,23). The van der Waals surface area contributed by atoms with E-state index in [-0.39, 0.29) is 17.9 Å². The van der Waals surface area contributed by atoms with Crippen LogP contribution in [-0.4, -0.2) is 26.7 Å². The summed E-state index contributed by atoms with van der Waals surface area (Å²) in [6.07, 6.45) is 1.06. The lowest BCUT2D eigenvalue weighted by Crippen LogP contribution is -2.18. The largest absolute Gasteiger partial charge is 0.493 e. The third-order valence-electron chi connectivity index (χ3n) is 4.42. The van der Waals surface area contributed by atoms with Crippen molar-refractivity contribution in [1.82, 2.24) is 20.1 Å². The molecule has 3 aromatic rings. The first-order valence-electron chi connectivity index (χ1n) is 8.22. The van der Waals surface area contributed by atoms with Gasteiger partial charge in [-0.3, -0.25) is 4.79 Å². The number of ether oxygens (including phenoxy) is 1. The van der Waals surface area contributed by atoms with Gasteiger partial charge in [0.05, 0.1) is 18.9 Å². The lowest BCUT2D eigenvalue weighted by atomic mass is 9.92. The van der Waals surface area contributed by atoms with Crippen molar-refractivity contribution in [1.29, 1.82) is 0 Å². The summed E-state index contributed by atoms with van der Waals surface area (Å²) < 4.78 is 11.1. The Labute approximate surface area is 144 Å². The molecule has 128 valence electrons. The van der Waals surface area contributed by atoms with E-state index in [2.05, 4.69) is 20.1 Å². The molecular formula is C18H18N4O3. The van der Waals surface area contributed by atoms with Crippen molar-refractivity contribution in [3.8, 4) is 5.75 Å². The summed E-state index contributed by atoms with van der Waals surface area (Å²) in [5.41, 5.74) is 2.12. The number of fused-ring (bicyclic) bond motifs is 1. The Hall–Kier alpha value is -2.96. The van der Waals surface area contributed by atoms with E-state index in [9.17, 15) is 4.79 Å². The highest BCUT2D eigenvalue weighted by molar-refractivity contribution is 5.40. The summed E-state index contributed by atoms with van der Waals surface area (Å²) in [6.45, 7) is 4.18. The lowest BCUT2D eigenvalue weighted by molar-refractivity contribution is 0.272. The predicted octanol–water partition coefficient (Wildman–Crippen LogP) is 2.27. The Bertz CT molecular complexity index is 976. The van der Waals surface area contributed by atoms with Crippen LogP contribution in [0.1, 0.15) is 46.7 Å². The van der Waals surface area contributed by atoms with Gasteiger partial charge in [-0.25, -0.2) is 4.98 Å². The van der Waals surface area contributed by atoms with Crippen molar-refractivity contribution >= 4 is 0 Å². The van der Waals surface area contributed by atoms with Crippen LogP contribution in [-0.2, 0) is 6.42 Å². The fraction of sp³-hybridized carbons (Fsp3) is 0.333. The molecule has 4 rings (SSSR count). The van der Waals surface area contributed by atoms with Gasteiger partial charge >= 0.3 is 0 Å². The first-order valence-corrected chi connectivity index (χ1v) is 8.22. The van der Waals surface area contributed by atoms with Crippen molar-refractivity contribution in [2.75, 3.05) is 6.61 Å². The van der Waals surface area contributed by atoms with Gasteiger partial charge in [-0.2, -0.15) is 4.98 Å². The predicted molar refractivity (Wildman–Crippen MR) is 89.8 cm³/mol. The number of aromatic amines is 1. The zero-order valence-electron chi connectivity index (χ0n) is 14.1. The summed E-state index contributed by atoms with van der Waals surface area (Å²) in [6, 6.07) is 7.89. The van der Waals surface area contributed by atoms with Crippen LogP contribution in [0.4, 0.5) is 0 Å². The minimum atomic E-state index is -0.166. The zero-order valence-corrected chi connectivity index (χ0v) is 14.1. The molecule has 1 N–H and O–H groups in total. The summed E-state index contributed by atoms with van der Waals surface area (Å²) >= 11 is 0. The molecule has 0 radical (unpaired) electrons. The van der Waals surface area contributed by atoms with Crippen molar-refractivity contribution in [3.63, 3.8) is 0 Å². The molecule has 0 saturated heterocycles. The molecule has 1 unspecified atom stereocenters. The van der Waals surface area contributed by atoms with E-state index in [4.69, 9.17) is 9.26 Å². The number of hydrogen-bond acceptors (Lipinski definition) is 6. The highest BCUT2D eigenvalue weighted by Crippen LogP contribution is 2.36. The van der Waals surface area contributed by atoms with Gasteiger partial charge in [-0.05, 0) is 26.3 Å². The number of nitrogens with zero attached hydrogens (tertiary/aromatic N) is 3. The molecule has 0 saturated carbocycles. The van der Waals surface area contributed by atoms with E-state index in [1.807, 2.05) is 31.2 Å². The summed E-state index contributed by atoms with van der Waals surface area (Å²) in [4.78, 5) is 23.7. The average Bonchev–Trinajstić information content (AvgIpc) is 3.06. The van der Waals surface area contributed by atoms with Gasteiger partial charge < -0.3 is 14.2 Å². The molecule has 1 atom stereocenters. The highest BCUT2D eigenvalue weighted by Gasteiger charge is 2.27. The van der Waals surface area contributed by atoms with E-state index in [0.29, 0.717) is 35.4 Å². The number of hydrogen-bond donors (Lipinski definition) is 1. The molecular weight excluding hydrogens is 320 g/mol. The Kier molecular flexibility index (Phi) is 3.83. The Morgan fingerprint density at radius 1 is 1.24 bits per heavy atom. The van der Waals surface area contributed by atoms with Crippen LogP contribution in [0.2, 0.25) is 0 Å². The quantitative estimate of drug-likeness (QED) is 0.787. The molecule has 25 heavy (non-hydrogen) atoms. The fourth-order valence-corrected chi connectivity index (χ4v) is 3.20. The second-order valence-corrected chi connectivity index (χ2v) is 6.17. The smallest absolute Gasteiger partial charge is 0.254 e. The van der Waals surface area contributed by atoms with E-state index in [1.54, 1.807) is 6.92 Å². The second-order valence-electron chi connectivity index (χ2n) is 6.17. The van der Waals surface area contributed by atoms with E-state index in [1.165, 1.54) is 0 Å². The van der Waals surface area contributed by atoms with E-state index >= 15 is 0 Å². The second kappa shape index (κ2) is 6.16. The minimum absolute atomic E-state index is 0.0398. The minimum Gasteiger partial charge on any atom is -0.493 e. The summed E-state index contributed by atoms with van der Waals surface area (Å²) in [5, 5.41) is 4.14. The number of H-pyrrole nitrogens is 1. The summed E-state index contributed by atoms with van der Waals surface area (Å²) in [5.74, 6) is 2.53. The van der Waals surface area contributed by atoms with Crippen LogP contribution < -0.4 is 10.3 Å². The van der Waals surface area contributed by atoms with Crippen LogP contribution in [0.3, 0.4) is 0 Å². The van der Waals surface area contributed by atoms with Gasteiger partial charge in [0.15, 0.2) is 5.82 Å². The monoisotopic (exact) mass is 338 g/mol. The first-order chi connectivity index (χ1) is 12.1. The van der Waals surface area contributed by atoms with Crippen LogP contribution in [0, 0.1) is 13.8 Å². The van der Waals surface area contributed by atoms with E-state index < -0.39 is 0 Å². The number of aromatic nitrogens is 4. The third-order valence-corrected chi connectivity index (χ3v) is 4.42. The van der Waals surface area contributed by atoms with Crippen molar-refractivity contribution < 1.29 is 9.26 Å². The molecule has 2 aromatic heterocycles. The SMILES string of the molecule is Cc1nc(C)c(Cc2nc(C3CCOc4ccccc43)no2)c(=O)[nH]1. The Morgan fingerprint density at radius 2 is 2.08 bits per heavy atom. The van der Waals surface area contributed by atoms with E-state index in [0.717, 1.165) is 17.7 Å². The number of nitrogens with one attached hydrogen (secondary N) is 1. The Morgan fingerprint density at radius 3 is 2.92 bits per heavy atom. The molecule has 3 heterocycles. The molecule has 7 nitrogen and oxygen atoms in total. The zero-order chi connectivity index (χ0) is 17.4. The average molecular weight is 338 g/mol.